The number of nitrogens with two attached hydrogens (primary N) is 2. The first-order valence-corrected chi connectivity index (χ1v) is 25.1. The minimum atomic E-state index is -0.927. The zero-order valence-electron chi connectivity index (χ0n) is 43.3. The molecule has 21 nitrogen and oxygen atoms in total. The van der Waals surface area contributed by atoms with Crippen LogP contribution in [0.1, 0.15) is 54.3 Å². The molecule has 7 aromatic heterocycles. The Hall–Kier alpha value is -7.43. The van der Waals surface area contributed by atoms with Gasteiger partial charge in [0.15, 0.2) is 10.8 Å². The van der Waals surface area contributed by atoms with E-state index in [1.165, 1.54) is 19.2 Å². The molecule has 24 heteroatoms. The average Bonchev–Trinajstić information content (AvgIpc) is 3.71. The van der Waals surface area contributed by atoms with Crippen LogP contribution in [0.5, 0.6) is 0 Å². The highest BCUT2D eigenvalue weighted by Crippen LogP contribution is 2.32. The maximum Gasteiger partial charge on any atom is 0.425 e. The maximum absolute atomic E-state index is 12.8. The number of carbonyl (C=O) groups excluding carboxylic acids is 3. The third kappa shape index (κ3) is 14.9. The van der Waals surface area contributed by atoms with Gasteiger partial charge in [0, 0.05) is 56.6 Å². The Morgan fingerprint density at radius 3 is 1.75 bits per heavy atom. The number of imide groups is 1. The van der Waals surface area contributed by atoms with E-state index in [9.17, 15) is 14.4 Å². The molecule has 400 valence electrons. The second kappa shape index (κ2) is 24.5. The Bertz CT molecular complexity index is 3180. The molecule has 2 fully saturated rings. The van der Waals surface area contributed by atoms with E-state index in [4.69, 9.17) is 70.2 Å². The van der Waals surface area contributed by atoms with E-state index in [1.54, 1.807) is 84.3 Å². The Kier molecular flexibility index (Phi) is 18.1. The van der Waals surface area contributed by atoms with Crippen molar-refractivity contribution >= 4 is 98.7 Å². The lowest BCUT2D eigenvalue weighted by Crippen LogP contribution is -2.44. The van der Waals surface area contributed by atoms with E-state index >= 15 is 0 Å². The third-order valence-electron chi connectivity index (χ3n) is 10.9. The zero-order valence-corrected chi connectivity index (χ0v) is 45.6. The molecule has 2 saturated heterocycles. The van der Waals surface area contributed by atoms with Crippen molar-refractivity contribution in [2.24, 2.45) is 0 Å². The maximum atomic E-state index is 12.8. The summed E-state index contributed by atoms with van der Waals surface area (Å²) in [5, 5.41) is 3.86. The number of pyridine rings is 6. The quantitative estimate of drug-likeness (QED) is 0.125. The highest BCUT2D eigenvalue weighted by atomic mass is 35.5. The summed E-state index contributed by atoms with van der Waals surface area (Å²) >= 11 is 18.8. The van der Waals surface area contributed by atoms with Gasteiger partial charge in [0.25, 0.3) is 0 Å². The van der Waals surface area contributed by atoms with Gasteiger partial charge in [-0.05, 0) is 109 Å². The standard InChI is InChI=1S/C22H27ClN4O5.C21H20ClN7O.C9H12ClN3O/c1-13(28)25-16-9-8-15(26-18(16)23)14-10-11-24-17(12-14)27(19(29)31-21(2,3)4)20(30)32-22(5,6)7;1-13-26-18-3-2-17(14-4-5-24-19(23)10-14)27-21(18)29(13)15-11-16(22)20(25-12-15)28-6-8-30-9-7-28;10-8-5-7(11)6-12-9(8)13-1-3-14-4-2-13/h8-12H,1-7H3,(H,25,28);2-5,10-12H,6-9H2,1H3,(H2,23,24);5-6H,1-4,11H2. The highest BCUT2D eigenvalue weighted by Gasteiger charge is 2.34. The number of amides is 3. The Morgan fingerprint density at radius 1 is 0.671 bits per heavy atom. The number of anilines is 6. The number of hydrogen-bond acceptors (Lipinski definition) is 18. The van der Waals surface area contributed by atoms with E-state index < -0.39 is 23.4 Å². The zero-order chi connectivity index (χ0) is 54.9. The summed E-state index contributed by atoms with van der Waals surface area (Å²) in [5.74, 6) is 2.54. The molecule has 0 unspecified atom stereocenters. The van der Waals surface area contributed by atoms with Crippen molar-refractivity contribution < 1.29 is 33.3 Å². The van der Waals surface area contributed by atoms with E-state index in [2.05, 4.69) is 45.0 Å². The SMILES string of the molecule is CC(=O)Nc1ccc(-c2ccnc(N(C(=O)OC(C)(C)C)C(=O)OC(C)(C)C)c2)nc1Cl.Cc1nc2ccc(-c3ccnc(N)c3)nc2n1-c1cnc(N2CCOCC2)c(Cl)c1.Nc1cnc(N2CCOCC2)c(Cl)c1. The van der Waals surface area contributed by atoms with Gasteiger partial charge in [0.1, 0.15) is 45.8 Å². The van der Waals surface area contributed by atoms with Gasteiger partial charge in [-0.2, -0.15) is 4.90 Å². The van der Waals surface area contributed by atoms with Gasteiger partial charge in [-0.15, -0.1) is 0 Å². The van der Waals surface area contributed by atoms with Crippen molar-refractivity contribution in [3.63, 3.8) is 0 Å². The molecule has 0 bridgehead atoms. The van der Waals surface area contributed by atoms with Crippen molar-refractivity contribution in [3.05, 3.63) is 106 Å². The van der Waals surface area contributed by atoms with Crippen LogP contribution in [-0.4, -0.2) is 121 Å². The molecule has 2 aliphatic rings. The minimum Gasteiger partial charge on any atom is -0.443 e. The van der Waals surface area contributed by atoms with Crippen molar-refractivity contribution in [1.82, 2.24) is 39.5 Å². The molecule has 9 rings (SSSR count). The van der Waals surface area contributed by atoms with Crippen LogP contribution < -0.4 is 31.5 Å². The van der Waals surface area contributed by atoms with E-state index in [0.717, 1.165) is 89.9 Å². The van der Waals surface area contributed by atoms with Crippen molar-refractivity contribution in [2.75, 3.05) is 84.1 Å². The molecule has 7 aromatic rings. The Morgan fingerprint density at radius 2 is 1.21 bits per heavy atom. The number of halogens is 3. The van der Waals surface area contributed by atoms with Crippen LogP contribution in [0.2, 0.25) is 15.2 Å². The lowest BCUT2D eigenvalue weighted by atomic mass is 10.1. The predicted octanol–water partition coefficient (Wildman–Crippen LogP) is 9.84. The number of aromatic nitrogens is 8. The van der Waals surface area contributed by atoms with Crippen LogP contribution in [0.15, 0.2) is 85.5 Å². The normalized spacial score (nSPS) is 13.7. The molecule has 0 spiro atoms. The molecule has 9 heterocycles. The molecular weight excluding hydrogens is 1040 g/mol. The highest BCUT2D eigenvalue weighted by molar-refractivity contribution is 6.33. The summed E-state index contributed by atoms with van der Waals surface area (Å²) in [6.07, 6.45) is 4.67. The number of nitrogens with one attached hydrogen (secondary N) is 1. The first-order chi connectivity index (χ1) is 36.0. The fourth-order valence-electron chi connectivity index (χ4n) is 7.61. The van der Waals surface area contributed by atoms with Gasteiger partial charge in [0.2, 0.25) is 5.91 Å². The molecule has 0 saturated carbocycles. The van der Waals surface area contributed by atoms with Crippen LogP contribution in [0.25, 0.3) is 39.4 Å². The lowest BCUT2D eigenvalue weighted by Gasteiger charge is -2.28. The van der Waals surface area contributed by atoms with Gasteiger partial charge >= 0.3 is 12.2 Å². The largest absolute Gasteiger partial charge is 0.443 e. The number of nitrogen functional groups attached to an aromatic ring is 2. The van der Waals surface area contributed by atoms with E-state index in [-0.39, 0.29) is 16.9 Å². The number of rotatable bonds is 7. The van der Waals surface area contributed by atoms with E-state index in [1.807, 2.05) is 42.0 Å². The van der Waals surface area contributed by atoms with Gasteiger partial charge in [-0.25, -0.2) is 44.5 Å². The number of nitrogens with zero attached hydrogens (tertiary/aromatic N) is 11. The molecule has 0 aliphatic carbocycles. The van der Waals surface area contributed by atoms with Crippen LogP contribution in [0, 0.1) is 6.92 Å². The molecule has 76 heavy (non-hydrogen) atoms. The number of morpholine rings is 2. The summed E-state index contributed by atoms with van der Waals surface area (Å²) in [6, 6.07) is 17.6. The van der Waals surface area contributed by atoms with Crippen LogP contribution in [0.3, 0.4) is 0 Å². The smallest absolute Gasteiger partial charge is 0.425 e. The van der Waals surface area contributed by atoms with Gasteiger partial charge in [0.05, 0.1) is 77.3 Å². The van der Waals surface area contributed by atoms with Crippen molar-refractivity contribution in [2.45, 2.75) is 66.6 Å². The number of imidazole rings is 1. The molecule has 5 N–H and O–H groups in total. The minimum absolute atomic E-state index is 0.00476. The topological polar surface area (TPSA) is 257 Å². The van der Waals surface area contributed by atoms with Crippen LogP contribution in [-0.2, 0) is 23.7 Å². The monoisotopic (exact) mass is 1100 g/mol. The summed E-state index contributed by atoms with van der Waals surface area (Å²) in [5.41, 5.74) is 15.7. The Labute approximate surface area is 454 Å². The first kappa shape index (κ1) is 56.3. The third-order valence-corrected chi connectivity index (χ3v) is 11.7. The number of fused-ring (bicyclic) bond motifs is 1. The molecular formula is C52H59Cl3N14O7. The molecule has 0 radical (unpaired) electrons. The second-order valence-corrected chi connectivity index (χ2v) is 20.4. The number of ether oxygens (including phenoxy) is 4. The lowest BCUT2D eigenvalue weighted by molar-refractivity contribution is -0.114. The van der Waals surface area contributed by atoms with Crippen LogP contribution >= 0.6 is 34.8 Å². The number of hydrogen-bond donors (Lipinski definition) is 3. The summed E-state index contributed by atoms with van der Waals surface area (Å²) in [6.45, 7) is 19.4. The fourth-order valence-corrected chi connectivity index (χ4v) is 8.38. The summed E-state index contributed by atoms with van der Waals surface area (Å²) in [4.78, 5) is 72.7. The van der Waals surface area contributed by atoms with Crippen molar-refractivity contribution in [3.8, 4) is 28.2 Å². The van der Waals surface area contributed by atoms with Crippen LogP contribution in [0.4, 0.5) is 44.2 Å². The molecule has 2 aliphatic heterocycles. The Balaban J connectivity index is 0.000000177. The number of aryl methyl sites for hydroxylation is 1. The molecule has 0 atom stereocenters. The molecule has 0 aromatic carbocycles. The number of carbonyl (C=O) groups is 3. The average molecular weight is 1100 g/mol. The van der Waals surface area contributed by atoms with Gasteiger partial charge in [-0.1, -0.05) is 34.8 Å². The fraction of sp³-hybridized carbons (Fsp3) is 0.346. The van der Waals surface area contributed by atoms with Crippen molar-refractivity contribution in [1.29, 1.82) is 0 Å². The summed E-state index contributed by atoms with van der Waals surface area (Å²) < 4.78 is 23.4. The van der Waals surface area contributed by atoms with Gasteiger partial charge < -0.3 is 45.5 Å². The first-order valence-electron chi connectivity index (χ1n) is 24.0. The van der Waals surface area contributed by atoms with Gasteiger partial charge in [-0.3, -0.25) is 9.36 Å². The molecule has 3 amide bonds. The summed E-state index contributed by atoms with van der Waals surface area (Å²) in [7, 11) is 0. The van der Waals surface area contributed by atoms with E-state index in [0.29, 0.717) is 51.7 Å². The predicted molar refractivity (Wildman–Crippen MR) is 296 cm³/mol. The second-order valence-electron chi connectivity index (χ2n) is 19.2.